The number of methoxy groups -OCH3 is 1. The van der Waals surface area contributed by atoms with Gasteiger partial charge in [0.1, 0.15) is 17.4 Å². The number of benzene rings is 1. The molecule has 4 heteroatoms. The molecule has 0 atom stereocenters. The number of hydrogen-bond donors (Lipinski definition) is 1. The van der Waals surface area contributed by atoms with Gasteiger partial charge in [0.2, 0.25) is 0 Å². The number of anilines is 1. The van der Waals surface area contributed by atoms with Gasteiger partial charge in [0, 0.05) is 12.6 Å². The van der Waals surface area contributed by atoms with E-state index < -0.39 is 0 Å². The maximum Gasteiger partial charge on any atom is 0.128 e. The highest BCUT2D eigenvalue weighted by molar-refractivity contribution is 5.68. The van der Waals surface area contributed by atoms with Crippen molar-refractivity contribution < 1.29 is 9.13 Å². The smallest absolute Gasteiger partial charge is 0.128 e. The molecule has 88 valence electrons. The molecule has 0 unspecified atom stereocenters. The van der Waals surface area contributed by atoms with Gasteiger partial charge in [-0.3, -0.25) is 0 Å². The maximum atomic E-state index is 13.3. The number of pyridine rings is 1. The van der Waals surface area contributed by atoms with Gasteiger partial charge in [-0.25, -0.2) is 9.37 Å². The topological polar surface area (TPSA) is 34.1 Å². The summed E-state index contributed by atoms with van der Waals surface area (Å²) in [4.78, 5) is 4.35. The predicted octanol–water partition coefficient (Wildman–Crippen LogP) is 2.94. The Morgan fingerprint density at radius 1 is 1.24 bits per heavy atom. The molecule has 3 nitrogen and oxygen atoms in total. The molecule has 0 saturated carbocycles. The zero-order valence-corrected chi connectivity index (χ0v) is 9.70. The number of halogens is 1. The second-order valence-corrected chi connectivity index (χ2v) is 3.50. The lowest BCUT2D eigenvalue weighted by Crippen LogP contribution is -1.95. The van der Waals surface area contributed by atoms with Crippen molar-refractivity contribution in [3.05, 3.63) is 42.2 Å². The number of ether oxygens (including phenoxy) is 1. The van der Waals surface area contributed by atoms with Crippen molar-refractivity contribution in [3.63, 3.8) is 0 Å². The molecule has 0 radical (unpaired) electrons. The summed E-state index contributed by atoms with van der Waals surface area (Å²) in [6, 6.07) is 9.90. The molecule has 1 aromatic heterocycles. The summed E-state index contributed by atoms with van der Waals surface area (Å²) in [6.07, 6.45) is 0. The molecule has 0 bridgehead atoms. The lowest BCUT2D eigenvalue weighted by molar-refractivity contribution is 0.415. The largest absolute Gasteiger partial charge is 0.496 e. The van der Waals surface area contributed by atoms with Crippen LogP contribution in [0.5, 0.6) is 5.75 Å². The van der Waals surface area contributed by atoms with Gasteiger partial charge in [-0.2, -0.15) is 0 Å². The molecule has 0 saturated heterocycles. The van der Waals surface area contributed by atoms with E-state index in [1.54, 1.807) is 20.2 Å². The van der Waals surface area contributed by atoms with Gasteiger partial charge < -0.3 is 10.1 Å². The van der Waals surface area contributed by atoms with Crippen LogP contribution in [0, 0.1) is 5.82 Å². The van der Waals surface area contributed by atoms with Crippen molar-refractivity contribution in [1.82, 2.24) is 4.98 Å². The Labute approximate surface area is 99.3 Å². The minimum Gasteiger partial charge on any atom is -0.496 e. The minimum atomic E-state index is -0.308. The van der Waals surface area contributed by atoms with Gasteiger partial charge in [0.15, 0.2) is 0 Å². The van der Waals surface area contributed by atoms with Crippen molar-refractivity contribution in [2.24, 2.45) is 0 Å². The van der Waals surface area contributed by atoms with E-state index >= 15 is 0 Å². The van der Waals surface area contributed by atoms with E-state index in [1.807, 2.05) is 18.2 Å². The van der Waals surface area contributed by atoms with E-state index in [1.165, 1.54) is 12.1 Å². The standard InChI is InChI=1S/C13H13FN2O/c1-15-13-5-3-4-11(16-13)10-8-9(14)6-7-12(10)17-2/h3-8H,1-2H3,(H,15,16). The molecule has 2 rings (SSSR count). The van der Waals surface area contributed by atoms with Crippen LogP contribution in [0.4, 0.5) is 10.2 Å². The first-order valence-electron chi connectivity index (χ1n) is 5.23. The quantitative estimate of drug-likeness (QED) is 0.883. The fraction of sp³-hybridized carbons (Fsp3) is 0.154. The molecule has 0 aliphatic heterocycles. The lowest BCUT2D eigenvalue weighted by atomic mass is 10.1. The Balaban J connectivity index is 2.54. The molecule has 0 amide bonds. The second-order valence-electron chi connectivity index (χ2n) is 3.50. The van der Waals surface area contributed by atoms with Crippen LogP contribution in [0.1, 0.15) is 0 Å². The van der Waals surface area contributed by atoms with Crippen LogP contribution in [0.15, 0.2) is 36.4 Å². The van der Waals surface area contributed by atoms with Crippen LogP contribution < -0.4 is 10.1 Å². The zero-order valence-electron chi connectivity index (χ0n) is 9.70. The third-order valence-corrected chi connectivity index (χ3v) is 2.44. The lowest BCUT2D eigenvalue weighted by Gasteiger charge is -2.09. The van der Waals surface area contributed by atoms with Gasteiger partial charge in [-0.05, 0) is 30.3 Å². The zero-order chi connectivity index (χ0) is 12.3. The van der Waals surface area contributed by atoms with Crippen molar-refractivity contribution >= 4 is 5.82 Å². The monoisotopic (exact) mass is 232 g/mol. The van der Waals surface area contributed by atoms with Gasteiger partial charge in [0.05, 0.1) is 12.8 Å². The van der Waals surface area contributed by atoms with Crippen molar-refractivity contribution in [3.8, 4) is 17.0 Å². The highest BCUT2D eigenvalue weighted by Gasteiger charge is 2.08. The number of hydrogen-bond acceptors (Lipinski definition) is 3. The first-order chi connectivity index (χ1) is 8.24. The summed E-state index contributed by atoms with van der Waals surface area (Å²) in [6.45, 7) is 0. The minimum absolute atomic E-state index is 0.308. The van der Waals surface area contributed by atoms with Crippen LogP contribution in [0.25, 0.3) is 11.3 Å². The molecule has 0 aliphatic carbocycles. The fourth-order valence-electron chi connectivity index (χ4n) is 1.60. The number of aromatic nitrogens is 1. The van der Waals surface area contributed by atoms with E-state index in [9.17, 15) is 4.39 Å². The normalized spacial score (nSPS) is 10.1. The molecule has 2 aromatic rings. The van der Waals surface area contributed by atoms with Crippen LogP contribution in [-0.2, 0) is 0 Å². The van der Waals surface area contributed by atoms with Crippen molar-refractivity contribution in [1.29, 1.82) is 0 Å². The summed E-state index contributed by atoms with van der Waals surface area (Å²) in [7, 11) is 3.34. The van der Waals surface area contributed by atoms with Crippen LogP contribution in [-0.4, -0.2) is 19.1 Å². The Kier molecular flexibility index (Phi) is 3.23. The van der Waals surface area contributed by atoms with E-state index in [2.05, 4.69) is 10.3 Å². The van der Waals surface area contributed by atoms with E-state index in [-0.39, 0.29) is 5.82 Å². The van der Waals surface area contributed by atoms with Crippen LogP contribution in [0.3, 0.4) is 0 Å². The Bertz CT molecular complexity index is 529. The predicted molar refractivity (Wildman–Crippen MR) is 65.7 cm³/mol. The average Bonchev–Trinajstić information content (AvgIpc) is 2.39. The molecule has 1 N–H and O–H groups in total. The van der Waals surface area contributed by atoms with E-state index in [0.717, 1.165) is 5.82 Å². The first-order valence-corrected chi connectivity index (χ1v) is 5.23. The summed E-state index contributed by atoms with van der Waals surface area (Å²) >= 11 is 0. The molecule has 0 spiro atoms. The summed E-state index contributed by atoms with van der Waals surface area (Å²) in [5.74, 6) is 1.03. The molecule has 1 heterocycles. The Morgan fingerprint density at radius 3 is 2.76 bits per heavy atom. The molecular weight excluding hydrogens is 219 g/mol. The summed E-state index contributed by atoms with van der Waals surface area (Å²) < 4.78 is 18.5. The van der Waals surface area contributed by atoms with Gasteiger partial charge in [-0.15, -0.1) is 0 Å². The molecule has 0 fully saturated rings. The molecule has 1 aromatic carbocycles. The third-order valence-electron chi connectivity index (χ3n) is 2.44. The van der Waals surface area contributed by atoms with E-state index in [0.29, 0.717) is 17.0 Å². The Morgan fingerprint density at radius 2 is 2.06 bits per heavy atom. The van der Waals surface area contributed by atoms with Gasteiger partial charge >= 0.3 is 0 Å². The third kappa shape index (κ3) is 2.36. The molecule has 0 aliphatic rings. The average molecular weight is 232 g/mol. The second kappa shape index (κ2) is 4.82. The summed E-state index contributed by atoms with van der Waals surface area (Å²) in [5, 5.41) is 2.94. The number of rotatable bonds is 3. The van der Waals surface area contributed by atoms with E-state index in [4.69, 9.17) is 4.74 Å². The fourth-order valence-corrected chi connectivity index (χ4v) is 1.60. The van der Waals surface area contributed by atoms with Crippen molar-refractivity contribution in [2.45, 2.75) is 0 Å². The van der Waals surface area contributed by atoms with Crippen LogP contribution in [0.2, 0.25) is 0 Å². The summed E-state index contributed by atoms with van der Waals surface area (Å²) in [5.41, 5.74) is 1.32. The number of nitrogens with zero attached hydrogens (tertiary/aromatic N) is 1. The molecular formula is C13H13FN2O. The highest BCUT2D eigenvalue weighted by atomic mass is 19.1. The number of nitrogens with one attached hydrogen (secondary N) is 1. The SMILES string of the molecule is CNc1cccc(-c2cc(F)ccc2OC)n1. The maximum absolute atomic E-state index is 13.3. The Hall–Kier alpha value is -2.10. The first kappa shape index (κ1) is 11.4. The van der Waals surface area contributed by atoms with Gasteiger partial charge in [-0.1, -0.05) is 6.07 Å². The highest BCUT2D eigenvalue weighted by Crippen LogP contribution is 2.29. The van der Waals surface area contributed by atoms with Crippen LogP contribution >= 0.6 is 0 Å². The van der Waals surface area contributed by atoms with Crippen molar-refractivity contribution in [2.75, 3.05) is 19.5 Å². The van der Waals surface area contributed by atoms with Gasteiger partial charge in [0.25, 0.3) is 0 Å². The molecule has 17 heavy (non-hydrogen) atoms.